The number of nitrogens with zero attached hydrogens (tertiary/aromatic N) is 6. The number of hydrogen-bond acceptors (Lipinski definition) is 7. The summed E-state index contributed by atoms with van der Waals surface area (Å²) in [6.45, 7) is 5.75. The fourth-order valence-corrected chi connectivity index (χ4v) is 5.85. The summed E-state index contributed by atoms with van der Waals surface area (Å²) in [5.41, 5.74) is 5.59. The van der Waals surface area contributed by atoms with Gasteiger partial charge in [0.2, 0.25) is 11.9 Å². The van der Waals surface area contributed by atoms with Crippen LogP contribution < -0.4 is 10.2 Å². The normalized spacial score (nSPS) is 15.8. The highest BCUT2D eigenvalue weighted by Gasteiger charge is 2.26. The van der Waals surface area contributed by atoms with Gasteiger partial charge in [-0.2, -0.15) is 19.6 Å². The molecule has 0 spiro atoms. The SMILES string of the molecule is CC(C)c1cnn2c(NCc3c(Cl)cccc3-c3ccc4ccccc4n3)nc(N3CCCC[C@H]3CCO)nc12. The Hall–Kier alpha value is -3.75. The minimum atomic E-state index is 0.149. The van der Waals surface area contributed by atoms with Gasteiger partial charge in [-0.15, -0.1) is 0 Å². The van der Waals surface area contributed by atoms with Crippen molar-refractivity contribution < 1.29 is 5.11 Å². The lowest BCUT2D eigenvalue weighted by atomic mass is 10.0. The second-order valence-electron chi connectivity index (χ2n) is 10.7. The van der Waals surface area contributed by atoms with Crippen molar-refractivity contribution in [3.05, 3.63) is 76.9 Å². The average molecular weight is 556 g/mol. The third-order valence-corrected chi connectivity index (χ3v) is 8.12. The number of piperidine rings is 1. The Balaban J connectivity index is 1.39. The summed E-state index contributed by atoms with van der Waals surface area (Å²) < 4.78 is 1.79. The van der Waals surface area contributed by atoms with E-state index in [4.69, 9.17) is 26.6 Å². The van der Waals surface area contributed by atoms with E-state index in [9.17, 15) is 5.11 Å². The first-order chi connectivity index (χ1) is 19.5. The number of para-hydroxylation sites is 1. The molecule has 0 bridgehead atoms. The van der Waals surface area contributed by atoms with Crippen LogP contribution in [0.5, 0.6) is 0 Å². The average Bonchev–Trinajstić information content (AvgIpc) is 3.41. The molecule has 40 heavy (non-hydrogen) atoms. The van der Waals surface area contributed by atoms with E-state index in [2.05, 4.69) is 47.4 Å². The van der Waals surface area contributed by atoms with Crippen LogP contribution in [-0.4, -0.2) is 48.9 Å². The van der Waals surface area contributed by atoms with Crippen LogP contribution in [0.1, 0.15) is 56.6 Å². The molecular weight excluding hydrogens is 522 g/mol. The molecule has 0 amide bonds. The molecule has 0 radical (unpaired) electrons. The van der Waals surface area contributed by atoms with E-state index in [1.807, 2.05) is 42.6 Å². The summed E-state index contributed by atoms with van der Waals surface area (Å²) in [5, 5.41) is 19.6. The quantitative estimate of drug-likeness (QED) is 0.227. The van der Waals surface area contributed by atoms with Crippen molar-refractivity contribution in [2.45, 2.75) is 58.0 Å². The van der Waals surface area contributed by atoms with Crippen molar-refractivity contribution >= 4 is 40.0 Å². The maximum absolute atomic E-state index is 9.70. The van der Waals surface area contributed by atoms with Crippen molar-refractivity contribution in [2.75, 3.05) is 23.4 Å². The maximum Gasteiger partial charge on any atom is 0.230 e. The number of halogens is 1. The summed E-state index contributed by atoms with van der Waals surface area (Å²) in [6.07, 6.45) is 5.84. The Morgan fingerprint density at radius 3 is 2.75 bits per heavy atom. The monoisotopic (exact) mass is 555 g/mol. The Morgan fingerprint density at radius 1 is 1.02 bits per heavy atom. The molecule has 0 aliphatic carbocycles. The predicted molar refractivity (Wildman–Crippen MR) is 161 cm³/mol. The van der Waals surface area contributed by atoms with E-state index >= 15 is 0 Å². The number of anilines is 2. The number of benzene rings is 2. The first-order valence-corrected chi connectivity index (χ1v) is 14.4. The smallest absolute Gasteiger partial charge is 0.230 e. The van der Waals surface area contributed by atoms with Crippen LogP contribution >= 0.6 is 11.6 Å². The van der Waals surface area contributed by atoms with Gasteiger partial charge in [0, 0.05) is 47.3 Å². The molecule has 1 fully saturated rings. The number of aliphatic hydroxyl groups is 1. The van der Waals surface area contributed by atoms with E-state index < -0.39 is 0 Å². The Morgan fingerprint density at radius 2 is 1.90 bits per heavy atom. The zero-order chi connectivity index (χ0) is 27.6. The molecule has 1 aliphatic heterocycles. The molecule has 2 aromatic carbocycles. The van der Waals surface area contributed by atoms with Gasteiger partial charge in [-0.25, -0.2) is 4.98 Å². The van der Waals surface area contributed by atoms with E-state index in [0.717, 1.165) is 64.7 Å². The molecule has 2 N–H and O–H groups in total. The molecule has 1 aliphatic rings. The summed E-state index contributed by atoms with van der Waals surface area (Å²) in [5.74, 6) is 1.54. The van der Waals surface area contributed by atoms with Gasteiger partial charge in [0.25, 0.3) is 0 Å². The maximum atomic E-state index is 9.70. The van der Waals surface area contributed by atoms with Gasteiger partial charge >= 0.3 is 0 Å². The van der Waals surface area contributed by atoms with Crippen molar-refractivity contribution in [2.24, 2.45) is 0 Å². The van der Waals surface area contributed by atoms with Crippen molar-refractivity contribution in [3.63, 3.8) is 0 Å². The number of pyridine rings is 1. The molecule has 0 unspecified atom stereocenters. The highest BCUT2D eigenvalue weighted by Crippen LogP contribution is 2.32. The topological polar surface area (TPSA) is 91.5 Å². The van der Waals surface area contributed by atoms with Crippen LogP contribution in [0, 0.1) is 0 Å². The zero-order valence-corrected chi connectivity index (χ0v) is 23.6. The minimum absolute atomic E-state index is 0.149. The highest BCUT2D eigenvalue weighted by atomic mass is 35.5. The summed E-state index contributed by atoms with van der Waals surface area (Å²) in [7, 11) is 0. The van der Waals surface area contributed by atoms with Gasteiger partial charge in [0.15, 0.2) is 5.65 Å². The lowest BCUT2D eigenvalue weighted by Gasteiger charge is -2.35. The zero-order valence-electron chi connectivity index (χ0n) is 22.9. The van der Waals surface area contributed by atoms with Crippen molar-refractivity contribution in [1.29, 1.82) is 0 Å². The molecule has 1 atom stereocenters. The first kappa shape index (κ1) is 26.5. The number of rotatable bonds is 8. The van der Waals surface area contributed by atoms with Gasteiger partial charge in [-0.3, -0.25) is 0 Å². The number of aromatic nitrogens is 5. The molecular formula is C31H34ClN7O. The fraction of sp³-hybridized carbons (Fsp3) is 0.355. The first-order valence-electron chi connectivity index (χ1n) is 14.0. The second kappa shape index (κ2) is 11.4. The van der Waals surface area contributed by atoms with E-state index in [0.29, 0.717) is 29.9 Å². The lowest BCUT2D eigenvalue weighted by molar-refractivity contribution is 0.261. The Labute approximate surface area is 239 Å². The van der Waals surface area contributed by atoms with Gasteiger partial charge in [-0.1, -0.05) is 61.8 Å². The summed E-state index contributed by atoms with van der Waals surface area (Å²) >= 11 is 6.78. The van der Waals surface area contributed by atoms with Crippen LogP contribution in [-0.2, 0) is 6.54 Å². The van der Waals surface area contributed by atoms with Crippen LogP contribution in [0.15, 0.2) is 60.8 Å². The third kappa shape index (κ3) is 5.09. The number of nitrogens with one attached hydrogen (secondary N) is 1. The molecule has 3 aromatic heterocycles. The predicted octanol–water partition coefficient (Wildman–Crippen LogP) is 6.47. The molecule has 6 rings (SSSR count). The summed E-state index contributed by atoms with van der Waals surface area (Å²) in [4.78, 5) is 17.2. The van der Waals surface area contributed by atoms with Crippen molar-refractivity contribution in [1.82, 2.24) is 24.6 Å². The van der Waals surface area contributed by atoms with Gasteiger partial charge in [-0.05, 0) is 55.4 Å². The third-order valence-electron chi connectivity index (χ3n) is 7.77. The molecule has 4 heterocycles. The number of hydrogen-bond donors (Lipinski definition) is 2. The standard InChI is InChI=1S/C31H34ClN7O/c1-20(2)24-19-34-39-29(24)36-31(38-16-6-5-9-22(38)15-17-40)37-30(39)33-18-25-23(10-7-11-26(25)32)28-14-13-21-8-3-4-12-27(21)35-28/h3-4,7-8,10-14,19-20,22,40H,5-6,9,15-18H2,1-2H3,(H,33,36,37)/t22-/m0/s1. The second-order valence-corrected chi connectivity index (χ2v) is 11.1. The molecule has 8 nitrogen and oxygen atoms in total. The Bertz CT molecular complexity index is 1650. The minimum Gasteiger partial charge on any atom is -0.396 e. The van der Waals surface area contributed by atoms with E-state index in [1.54, 1.807) is 4.52 Å². The molecule has 206 valence electrons. The molecule has 0 saturated carbocycles. The largest absolute Gasteiger partial charge is 0.396 e. The van der Waals surface area contributed by atoms with Crippen LogP contribution in [0.3, 0.4) is 0 Å². The van der Waals surface area contributed by atoms with Gasteiger partial charge in [0.05, 0.1) is 17.4 Å². The van der Waals surface area contributed by atoms with Crippen LogP contribution in [0.25, 0.3) is 27.8 Å². The highest BCUT2D eigenvalue weighted by molar-refractivity contribution is 6.31. The molecule has 1 saturated heterocycles. The molecule has 5 aromatic rings. The van der Waals surface area contributed by atoms with Gasteiger partial charge in [0.1, 0.15) is 0 Å². The van der Waals surface area contributed by atoms with Gasteiger partial charge < -0.3 is 15.3 Å². The van der Waals surface area contributed by atoms with Crippen LogP contribution in [0.2, 0.25) is 5.02 Å². The van der Waals surface area contributed by atoms with Crippen molar-refractivity contribution in [3.8, 4) is 11.3 Å². The summed E-state index contributed by atoms with van der Waals surface area (Å²) in [6, 6.07) is 18.4. The van der Waals surface area contributed by atoms with E-state index in [1.165, 1.54) is 0 Å². The number of aliphatic hydroxyl groups excluding tert-OH is 1. The number of fused-ring (bicyclic) bond motifs is 2. The van der Waals surface area contributed by atoms with Crippen LogP contribution in [0.4, 0.5) is 11.9 Å². The van der Waals surface area contributed by atoms with E-state index in [-0.39, 0.29) is 18.6 Å². The molecule has 9 heteroatoms. The Kier molecular flexibility index (Phi) is 7.54. The fourth-order valence-electron chi connectivity index (χ4n) is 5.61. The lowest BCUT2D eigenvalue weighted by Crippen LogP contribution is -2.41.